The van der Waals surface area contributed by atoms with Crippen LogP contribution in [-0.2, 0) is 0 Å². The van der Waals surface area contributed by atoms with Gasteiger partial charge in [-0.3, -0.25) is 4.98 Å². The zero-order valence-electron chi connectivity index (χ0n) is 9.81. The van der Waals surface area contributed by atoms with Crippen LogP contribution in [0.4, 0.5) is 4.39 Å². The fraction of sp³-hybridized carbons (Fsp3) is 0.0714. The molecule has 1 atom stereocenters. The Balaban J connectivity index is 2.10. The first-order valence-corrected chi connectivity index (χ1v) is 6.08. The SMILES string of the molecule is NC(c1cc2cccc(Cl)c2o1)c1ncccc1F. The van der Waals surface area contributed by atoms with Crippen LogP contribution < -0.4 is 5.73 Å². The van der Waals surface area contributed by atoms with Crippen molar-refractivity contribution in [1.29, 1.82) is 0 Å². The van der Waals surface area contributed by atoms with E-state index in [9.17, 15) is 4.39 Å². The van der Waals surface area contributed by atoms with Crippen LogP contribution in [0.3, 0.4) is 0 Å². The maximum absolute atomic E-state index is 13.7. The first-order chi connectivity index (χ1) is 9.16. The predicted octanol–water partition coefficient (Wildman–Crippen LogP) is 3.67. The molecule has 3 nitrogen and oxygen atoms in total. The molecule has 0 aliphatic heterocycles. The third-order valence-corrected chi connectivity index (χ3v) is 3.20. The first kappa shape index (κ1) is 12.1. The van der Waals surface area contributed by atoms with Crippen LogP contribution in [-0.4, -0.2) is 4.98 Å². The Morgan fingerprint density at radius 1 is 1.26 bits per heavy atom. The normalized spacial score (nSPS) is 12.8. The Bertz CT molecular complexity index is 741. The van der Waals surface area contributed by atoms with Gasteiger partial charge in [0, 0.05) is 11.6 Å². The minimum atomic E-state index is -0.760. The van der Waals surface area contributed by atoms with Gasteiger partial charge in [-0.1, -0.05) is 23.7 Å². The van der Waals surface area contributed by atoms with Crippen LogP contribution in [0, 0.1) is 5.82 Å². The van der Waals surface area contributed by atoms with Crippen LogP contribution in [0.1, 0.15) is 17.5 Å². The number of halogens is 2. The van der Waals surface area contributed by atoms with Crippen molar-refractivity contribution in [2.24, 2.45) is 5.73 Å². The molecular formula is C14H10ClFN2O. The number of hydrogen-bond acceptors (Lipinski definition) is 3. The van der Waals surface area contributed by atoms with Crippen molar-refractivity contribution >= 4 is 22.6 Å². The topological polar surface area (TPSA) is 52.0 Å². The molecule has 2 heterocycles. The van der Waals surface area contributed by atoms with E-state index >= 15 is 0 Å². The average molecular weight is 277 g/mol. The van der Waals surface area contributed by atoms with E-state index in [0.29, 0.717) is 16.4 Å². The molecule has 2 aromatic heterocycles. The Hall–Kier alpha value is -1.91. The summed E-state index contributed by atoms with van der Waals surface area (Å²) in [6.07, 6.45) is 1.49. The van der Waals surface area contributed by atoms with Crippen LogP contribution in [0.5, 0.6) is 0 Å². The van der Waals surface area contributed by atoms with Crippen LogP contribution in [0.25, 0.3) is 11.0 Å². The van der Waals surface area contributed by atoms with E-state index in [-0.39, 0.29) is 5.69 Å². The number of nitrogens with two attached hydrogens (primary N) is 1. The fourth-order valence-electron chi connectivity index (χ4n) is 1.96. The number of rotatable bonds is 2. The molecule has 3 aromatic rings. The van der Waals surface area contributed by atoms with Crippen molar-refractivity contribution in [3.8, 4) is 0 Å². The molecule has 5 heteroatoms. The molecule has 2 N–H and O–H groups in total. The molecule has 1 aromatic carbocycles. The second-order valence-electron chi connectivity index (χ2n) is 4.16. The zero-order chi connectivity index (χ0) is 13.4. The van der Waals surface area contributed by atoms with E-state index in [4.69, 9.17) is 21.8 Å². The molecule has 0 radical (unpaired) electrons. The van der Waals surface area contributed by atoms with E-state index in [1.54, 1.807) is 12.1 Å². The molecule has 0 saturated heterocycles. The molecule has 0 amide bonds. The lowest BCUT2D eigenvalue weighted by Crippen LogP contribution is -2.14. The highest BCUT2D eigenvalue weighted by Gasteiger charge is 2.19. The first-order valence-electron chi connectivity index (χ1n) is 5.71. The Morgan fingerprint density at radius 2 is 2.11 bits per heavy atom. The summed E-state index contributed by atoms with van der Waals surface area (Å²) >= 11 is 6.03. The van der Waals surface area contributed by atoms with E-state index in [1.165, 1.54) is 18.3 Å². The van der Waals surface area contributed by atoms with Crippen LogP contribution in [0.15, 0.2) is 47.0 Å². The third kappa shape index (κ3) is 2.09. The van der Waals surface area contributed by atoms with Crippen molar-refractivity contribution in [3.63, 3.8) is 0 Å². The molecule has 0 aliphatic carbocycles. The zero-order valence-corrected chi connectivity index (χ0v) is 10.6. The third-order valence-electron chi connectivity index (χ3n) is 2.90. The van der Waals surface area contributed by atoms with Gasteiger partial charge < -0.3 is 10.2 Å². The molecule has 19 heavy (non-hydrogen) atoms. The summed E-state index contributed by atoms with van der Waals surface area (Å²) in [4.78, 5) is 3.95. The summed E-state index contributed by atoms with van der Waals surface area (Å²) in [5.41, 5.74) is 6.69. The predicted molar refractivity (Wildman–Crippen MR) is 71.4 cm³/mol. The highest BCUT2D eigenvalue weighted by atomic mass is 35.5. The van der Waals surface area contributed by atoms with Gasteiger partial charge in [0.15, 0.2) is 5.58 Å². The van der Waals surface area contributed by atoms with Gasteiger partial charge in [0.1, 0.15) is 23.3 Å². The van der Waals surface area contributed by atoms with Crippen LogP contribution >= 0.6 is 11.6 Å². The number of nitrogens with zero attached hydrogens (tertiary/aromatic N) is 1. The second-order valence-corrected chi connectivity index (χ2v) is 4.56. The molecule has 1 unspecified atom stereocenters. The van der Waals surface area contributed by atoms with Gasteiger partial charge in [0.2, 0.25) is 0 Å². The maximum Gasteiger partial charge on any atom is 0.152 e. The van der Waals surface area contributed by atoms with Crippen molar-refractivity contribution in [2.75, 3.05) is 0 Å². The van der Waals surface area contributed by atoms with Crippen molar-refractivity contribution < 1.29 is 8.81 Å². The van der Waals surface area contributed by atoms with Gasteiger partial charge in [-0.05, 0) is 24.3 Å². The van der Waals surface area contributed by atoms with Gasteiger partial charge in [-0.15, -0.1) is 0 Å². The number of benzene rings is 1. The number of hydrogen-bond donors (Lipinski definition) is 1. The Kier molecular flexibility index (Phi) is 2.97. The molecular weight excluding hydrogens is 267 g/mol. The molecule has 96 valence electrons. The van der Waals surface area contributed by atoms with E-state index < -0.39 is 11.9 Å². The van der Waals surface area contributed by atoms with Crippen molar-refractivity contribution in [3.05, 3.63) is 64.9 Å². The van der Waals surface area contributed by atoms with Crippen molar-refractivity contribution in [1.82, 2.24) is 4.98 Å². The van der Waals surface area contributed by atoms with Crippen LogP contribution in [0.2, 0.25) is 5.02 Å². The summed E-state index contributed by atoms with van der Waals surface area (Å²) in [6, 6.07) is 9.22. The molecule has 0 saturated carbocycles. The van der Waals surface area contributed by atoms with E-state index in [1.807, 2.05) is 12.1 Å². The minimum absolute atomic E-state index is 0.151. The molecule has 0 aliphatic rings. The summed E-state index contributed by atoms with van der Waals surface area (Å²) < 4.78 is 19.3. The van der Waals surface area contributed by atoms with E-state index in [2.05, 4.69) is 4.98 Å². The van der Waals surface area contributed by atoms with Gasteiger partial charge in [-0.25, -0.2) is 4.39 Å². The summed E-state index contributed by atoms with van der Waals surface area (Å²) in [5, 5.41) is 1.33. The number of aromatic nitrogens is 1. The molecule has 0 fully saturated rings. The summed E-state index contributed by atoms with van der Waals surface area (Å²) in [5.74, 6) is -0.0257. The van der Waals surface area contributed by atoms with Gasteiger partial charge in [-0.2, -0.15) is 0 Å². The fourth-order valence-corrected chi connectivity index (χ4v) is 2.18. The number of fused-ring (bicyclic) bond motifs is 1. The lowest BCUT2D eigenvalue weighted by Gasteiger charge is -2.08. The smallest absolute Gasteiger partial charge is 0.152 e. The van der Waals surface area contributed by atoms with Gasteiger partial charge >= 0.3 is 0 Å². The maximum atomic E-state index is 13.7. The largest absolute Gasteiger partial charge is 0.457 e. The Morgan fingerprint density at radius 3 is 2.84 bits per heavy atom. The summed E-state index contributed by atoms with van der Waals surface area (Å²) in [6.45, 7) is 0. The monoisotopic (exact) mass is 276 g/mol. The van der Waals surface area contributed by atoms with E-state index in [0.717, 1.165) is 5.39 Å². The molecule has 0 bridgehead atoms. The highest BCUT2D eigenvalue weighted by Crippen LogP contribution is 2.30. The summed E-state index contributed by atoms with van der Waals surface area (Å²) in [7, 11) is 0. The lowest BCUT2D eigenvalue weighted by atomic mass is 10.1. The van der Waals surface area contributed by atoms with Crippen molar-refractivity contribution in [2.45, 2.75) is 6.04 Å². The number of pyridine rings is 1. The number of furan rings is 1. The lowest BCUT2D eigenvalue weighted by molar-refractivity contribution is 0.502. The average Bonchev–Trinajstić information content (AvgIpc) is 2.84. The standard InChI is InChI=1S/C14H10ClFN2O/c15-9-4-1-3-8-7-11(19-14(8)9)12(17)13-10(16)5-2-6-18-13/h1-7,12H,17H2. The highest BCUT2D eigenvalue weighted by molar-refractivity contribution is 6.34. The number of para-hydroxylation sites is 1. The molecule has 3 rings (SSSR count). The minimum Gasteiger partial charge on any atom is -0.457 e. The second kappa shape index (κ2) is 4.64. The van der Waals surface area contributed by atoms with Gasteiger partial charge in [0.25, 0.3) is 0 Å². The van der Waals surface area contributed by atoms with Gasteiger partial charge in [0.05, 0.1) is 5.02 Å². The quantitative estimate of drug-likeness (QED) is 0.777. The molecule has 0 spiro atoms. The Labute approximate surface area is 113 Å².